The summed E-state index contributed by atoms with van der Waals surface area (Å²) >= 11 is 0. The van der Waals surface area contributed by atoms with E-state index in [1.807, 2.05) is 48.7 Å². The number of hydrogen-bond acceptors (Lipinski definition) is 3. The van der Waals surface area contributed by atoms with Crippen LogP contribution in [0.3, 0.4) is 0 Å². The Labute approximate surface area is 195 Å². The highest BCUT2D eigenvalue weighted by Crippen LogP contribution is 2.31. The summed E-state index contributed by atoms with van der Waals surface area (Å²) in [6.07, 6.45) is 5.51. The first kappa shape index (κ1) is 20.1. The number of H-pyrrole nitrogens is 3. The van der Waals surface area contributed by atoms with Gasteiger partial charge < -0.3 is 15.3 Å². The highest BCUT2D eigenvalue weighted by Gasteiger charge is 2.18. The van der Waals surface area contributed by atoms with Crippen LogP contribution in [0.5, 0.6) is 0 Å². The van der Waals surface area contributed by atoms with E-state index in [2.05, 4.69) is 55.6 Å². The molecule has 3 aromatic heterocycles. The molecule has 168 valence electrons. The van der Waals surface area contributed by atoms with Gasteiger partial charge in [-0.25, -0.2) is 9.78 Å². The van der Waals surface area contributed by atoms with Gasteiger partial charge in [0.2, 0.25) is 0 Å². The van der Waals surface area contributed by atoms with Crippen molar-refractivity contribution in [3.8, 4) is 16.9 Å². The van der Waals surface area contributed by atoms with E-state index in [4.69, 9.17) is 0 Å². The maximum Gasteiger partial charge on any atom is 0.332 e. The van der Waals surface area contributed by atoms with Crippen molar-refractivity contribution in [3.05, 3.63) is 101 Å². The summed E-state index contributed by atoms with van der Waals surface area (Å²) in [6, 6.07) is 24.5. The van der Waals surface area contributed by atoms with Gasteiger partial charge in [-0.3, -0.25) is 9.55 Å². The third-order valence-electron chi connectivity index (χ3n) is 6.17. The van der Waals surface area contributed by atoms with E-state index in [0.717, 1.165) is 64.1 Å². The minimum absolute atomic E-state index is 0.186. The van der Waals surface area contributed by atoms with E-state index in [9.17, 15) is 4.79 Å². The number of benzene rings is 3. The number of nitrogens with one attached hydrogen (secondary N) is 4. The van der Waals surface area contributed by atoms with Gasteiger partial charge in [0.15, 0.2) is 0 Å². The fourth-order valence-corrected chi connectivity index (χ4v) is 4.50. The van der Waals surface area contributed by atoms with Crippen molar-refractivity contribution < 1.29 is 0 Å². The summed E-state index contributed by atoms with van der Waals surface area (Å²) in [4.78, 5) is 26.9. The molecule has 0 saturated carbocycles. The van der Waals surface area contributed by atoms with Gasteiger partial charge in [0, 0.05) is 29.2 Å². The Bertz CT molecular complexity index is 1640. The second-order valence-electron chi connectivity index (χ2n) is 8.39. The van der Waals surface area contributed by atoms with Crippen LogP contribution in [0.25, 0.3) is 38.9 Å². The minimum Gasteiger partial charge on any atom is -0.370 e. The molecular weight excluding hydrogens is 424 g/mol. The third kappa shape index (κ3) is 3.67. The lowest BCUT2D eigenvalue weighted by molar-refractivity contribution is 0.860. The Morgan fingerprint density at radius 3 is 2.74 bits per heavy atom. The van der Waals surface area contributed by atoms with E-state index >= 15 is 0 Å². The number of aromatic amines is 3. The molecule has 0 radical (unpaired) electrons. The highest BCUT2D eigenvalue weighted by atomic mass is 16.1. The van der Waals surface area contributed by atoms with Gasteiger partial charge in [0.05, 0.1) is 28.7 Å². The summed E-state index contributed by atoms with van der Waals surface area (Å²) in [7, 11) is 0. The number of rotatable bonds is 7. The monoisotopic (exact) mass is 448 g/mol. The summed E-state index contributed by atoms with van der Waals surface area (Å²) in [6.45, 7) is 0.744. The lowest BCUT2D eigenvalue weighted by Crippen LogP contribution is -2.15. The number of hydrogen-bond donors (Lipinski definition) is 4. The fraction of sp³-hybridized carbons (Fsp3) is 0.111. The molecule has 7 heteroatoms. The van der Waals surface area contributed by atoms with Crippen molar-refractivity contribution in [1.29, 1.82) is 0 Å². The van der Waals surface area contributed by atoms with Crippen LogP contribution >= 0.6 is 0 Å². The summed E-state index contributed by atoms with van der Waals surface area (Å²) < 4.78 is 1.73. The summed E-state index contributed by atoms with van der Waals surface area (Å²) in [5, 5.41) is 4.58. The molecule has 0 atom stereocenters. The number of nitrogens with zero attached hydrogens (tertiary/aromatic N) is 2. The molecule has 0 spiro atoms. The van der Waals surface area contributed by atoms with Gasteiger partial charge in [0.25, 0.3) is 0 Å². The molecule has 6 rings (SSSR count). The molecule has 0 fully saturated rings. The molecule has 0 bridgehead atoms. The standard InChI is InChI=1S/C27H24N6O/c34-27-32-26(29-13-4-7-18-5-2-1-3-6-18)25(20-8-10-22-19(15-20)12-14-28-22)33(27)21-9-11-23-24(16-21)31-17-30-23/h1-3,5-6,8-12,14-17,28-29H,4,7,13H2,(H,30,31)(H,32,34). The molecule has 3 heterocycles. The molecule has 0 aliphatic rings. The van der Waals surface area contributed by atoms with Gasteiger partial charge >= 0.3 is 5.69 Å². The molecule has 4 N–H and O–H groups in total. The lowest BCUT2D eigenvalue weighted by atomic mass is 10.1. The molecule has 0 aliphatic heterocycles. The van der Waals surface area contributed by atoms with E-state index in [1.165, 1.54) is 5.56 Å². The first-order valence-electron chi connectivity index (χ1n) is 11.4. The predicted octanol–water partition coefficient (Wildman–Crippen LogP) is 5.23. The van der Waals surface area contributed by atoms with E-state index in [1.54, 1.807) is 10.9 Å². The maximum atomic E-state index is 13.2. The van der Waals surface area contributed by atoms with Crippen LogP contribution < -0.4 is 11.0 Å². The maximum absolute atomic E-state index is 13.2. The van der Waals surface area contributed by atoms with Crippen LogP contribution in [0.4, 0.5) is 5.82 Å². The first-order valence-corrected chi connectivity index (χ1v) is 11.4. The zero-order chi connectivity index (χ0) is 22.9. The summed E-state index contributed by atoms with van der Waals surface area (Å²) in [5.41, 5.74) is 6.48. The number of fused-ring (bicyclic) bond motifs is 2. The highest BCUT2D eigenvalue weighted by molar-refractivity contribution is 5.87. The molecule has 34 heavy (non-hydrogen) atoms. The third-order valence-corrected chi connectivity index (χ3v) is 6.17. The van der Waals surface area contributed by atoms with Gasteiger partial charge in [0.1, 0.15) is 5.82 Å². The second-order valence-corrected chi connectivity index (χ2v) is 8.39. The van der Waals surface area contributed by atoms with Crippen molar-refractivity contribution in [2.75, 3.05) is 11.9 Å². The van der Waals surface area contributed by atoms with Crippen molar-refractivity contribution in [1.82, 2.24) is 24.5 Å². The van der Waals surface area contributed by atoms with Crippen molar-refractivity contribution >= 4 is 27.8 Å². The topological polar surface area (TPSA) is 94.3 Å². The zero-order valence-corrected chi connectivity index (χ0v) is 18.5. The Hall–Kier alpha value is -4.52. The molecule has 0 unspecified atom stereocenters. The van der Waals surface area contributed by atoms with E-state index in [0.29, 0.717) is 0 Å². The van der Waals surface area contributed by atoms with Crippen molar-refractivity contribution in [3.63, 3.8) is 0 Å². The van der Waals surface area contributed by atoms with Crippen molar-refractivity contribution in [2.45, 2.75) is 12.8 Å². The van der Waals surface area contributed by atoms with E-state index < -0.39 is 0 Å². The predicted molar refractivity (Wildman–Crippen MR) is 137 cm³/mol. The normalized spacial score (nSPS) is 11.4. The van der Waals surface area contributed by atoms with Gasteiger partial charge in [-0.15, -0.1) is 0 Å². The largest absolute Gasteiger partial charge is 0.370 e. The average Bonchev–Trinajstić information content (AvgIpc) is 3.59. The number of aryl methyl sites for hydroxylation is 1. The number of imidazole rings is 2. The first-order chi connectivity index (χ1) is 16.8. The Balaban J connectivity index is 1.39. The Morgan fingerprint density at radius 1 is 0.912 bits per heavy atom. The van der Waals surface area contributed by atoms with Gasteiger partial charge in [-0.2, -0.15) is 0 Å². The molecule has 7 nitrogen and oxygen atoms in total. The average molecular weight is 449 g/mol. The minimum atomic E-state index is -0.186. The second kappa shape index (κ2) is 8.44. The van der Waals surface area contributed by atoms with Gasteiger partial charge in [-0.1, -0.05) is 36.4 Å². The smallest absolute Gasteiger partial charge is 0.332 e. The van der Waals surface area contributed by atoms with Gasteiger partial charge in [-0.05, 0) is 54.8 Å². The number of anilines is 1. The Kier molecular flexibility index (Phi) is 4.99. The van der Waals surface area contributed by atoms with Crippen LogP contribution in [0, 0.1) is 0 Å². The molecule has 6 aromatic rings. The summed E-state index contributed by atoms with van der Waals surface area (Å²) in [5.74, 6) is 0.720. The van der Waals surface area contributed by atoms with E-state index in [-0.39, 0.29) is 5.69 Å². The molecule has 0 amide bonds. The lowest BCUT2D eigenvalue weighted by Gasteiger charge is -2.12. The number of aromatic nitrogens is 5. The van der Waals surface area contributed by atoms with Crippen LogP contribution in [0.2, 0.25) is 0 Å². The SMILES string of the molecule is O=c1[nH]c(NCCCc2ccccc2)c(-c2ccc3[nH]ccc3c2)n1-c1ccc2nc[nH]c2c1. The van der Waals surface area contributed by atoms with Crippen LogP contribution in [0.15, 0.2) is 90.1 Å². The Morgan fingerprint density at radius 2 is 1.82 bits per heavy atom. The van der Waals surface area contributed by atoms with Crippen LogP contribution in [-0.4, -0.2) is 31.0 Å². The molecular formula is C27H24N6O. The zero-order valence-electron chi connectivity index (χ0n) is 18.5. The van der Waals surface area contributed by atoms with Crippen molar-refractivity contribution in [2.24, 2.45) is 0 Å². The fourth-order valence-electron chi connectivity index (χ4n) is 4.50. The van der Waals surface area contributed by atoms with Crippen LogP contribution in [-0.2, 0) is 6.42 Å². The molecule has 0 aliphatic carbocycles. The van der Waals surface area contributed by atoms with Crippen LogP contribution in [0.1, 0.15) is 12.0 Å². The molecule has 3 aromatic carbocycles. The quantitative estimate of drug-likeness (QED) is 0.252. The molecule has 0 saturated heterocycles.